The lowest BCUT2D eigenvalue weighted by molar-refractivity contribution is -0.120. The van der Waals surface area contributed by atoms with Gasteiger partial charge in [0.1, 0.15) is 17.3 Å². The highest BCUT2D eigenvalue weighted by atomic mass is 32.1. The van der Waals surface area contributed by atoms with Crippen molar-refractivity contribution in [3.05, 3.63) is 48.3 Å². The van der Waals surface area contributed by atoms with Crippen LogP contribution in [0.25, 0.3) is 10.2 Å². The van der Waals surface area contributed by atoms with Crippen LogP contribution in [0.15, 0.2) is 42.5 Å². The van der Waals surface area contributed by atoms with Gasteiger partial charge in [0.05, 0.1) is 17.3 Å². The second-order valence-electron chi connectivity index (χ2n) is 6.65. The van der Waals surface area contributed by atoms with Crippen LogP contribution in [0, 0.1) is 5.82 Å². The summed E-state index contributed by atoms with van der Waals surface area (Å²) in [6.45, 7) is 7.01. The van der Waals surface area contributed by atoms with Gasteiger partial charge in [0.25, 0.3) is 5.91 Å². The van der Waals surface area contributed by atoms with E-state index in [9.17, 15) is 9.18 Å². The molecular formula is C22H26FN3O3S. The highest BCUT2D eigenvalue weighted by Gasteiger charge is 2.21. The van der Waals surface area contributed by atoms with E-state index in [2.05, 4.69) is 23.7 Å². The Bertz CT molecular complexity index is 991. The maximum absolute atomic E-state index is 13.6. The molecule has 0 aliphatic rings. The van der Waals surface area contributed by atoms with Crippen molar-refractivity contribution >= 4 is 32.6 Å². The van der Waals surface area contributed by atoms with Crippen molar-refractivity contribution in [3.63, 3.8) is 0 Å². The first-order valence-corrected chi connectivity index (χ1v) is 10.7. The van der Waals surface area contributed by atoms with Crippen molar-refractivity contribution in [3.8, 4) is 11.5 Å². The molecule has 160 valence electrons. The summed E-state index contributed by atoms with van der Waals surface area (Å²) in [7, 11) is 1.58. The highest BCUT2D eigenvalue weighted by Crippen LogP contribution is 2.29. The fourth-order valence-electron chi connectivity index (χ4n) is 3.02. The predicted molar refractivity (Wildman–Crippen MR) is 118 cm³/mol. The minimum atomic E-state index is -0.319. The number of fused-ring (bicyclic) bond motifs is 1. The second kappa shape index (κ2) is 10.4. The lowest BCUT2D eigenvalue weighted by Crippen LogP contribution is -2.41. The quantitative estimate of drug-likeness (QED) is 0.482. The highest BCUT2D eigenvalue weighted by molar-refractivity contribution is 7.22. The molecule has 0 aliphatic heterocycles. The molecule has 3 aromatic rings. The Morgan fingerprint density at radius 2 is 1.87 bits per heavy atom. The summed E-state index contributed by atoms with van der Waals surface area (Å²) in [6, 6.07) is 11.6. The molecule has 0 atom stereocenters. The third-order valence-corrected chi connectivity index (χ3v) is 5.85. The van der Waals surface area contributed by atoms with Gasteiger partial charge in [-0.3, -0.25) is 9.69 Å². The van der Waals surface area contributed by atoms with Crippen molar-refractivity contribution in [2.75, 3.05) is 44.8 Å². The number of methoxy groups -OCH3 is 1. The van der Waals surface area contributed by atoms with Gasteiger partial charge in [0, 0.05) is 19.2 Å². The van der Waals surface area contributed by atoms with E-state index in [4.69, 9.17) is 9.47 Å². The van der Waals surface area contributed by atoms with E-state index in [1.165, 1.54) is 23.5 Å². The number of hydrogen-bond acceptors (Lipinski definition) is 6. The number of thiazole rings is 1. The van der Waals surface area contributed by atoms with E-state index in [0.29, 0.717) is 39.9 Å². The molecule has 0 radical (unpaired) electrons. The van der Waals surface area contributed by atoms with Crippen LogP contribution in [0.3, 0.4) is 0 Å². The molecule has 1 aromatic heterocycles. The number of benzene rings is 2. The SMILES string of the molecule is CCN(CC)CCN(C(=O)COc1cccc(OC)c1)c1nc2ccc(F)cc2s1. The lowest BCUT2D eigenvalue weighted by Gasteiger charge is -2.24. The van der Waals surface area contributed by atoms with Crippen LogP contribution >= 0.6 is 11.3 Å². The van der Waals surface area contributed by atoms with Crippen molar-refractivity contribution in [1.82, 2.24) is 9.88 Å². The van der Waals surface area contributed by atoms with Crippen molar-refractivity contribution < 1.29 is 18.7 Å². The van der Waals surface area contributed by atoms with E-state index >= 15 is 0 Å². The molecule has 6 nitrogen and oxygen atoms in total. The molecule has 3 rings (SSSR count). The fraction of sp³-hybridized carbons (Fsp3) is 0.364. The number of nitrogens with zero attached hydrogens (tertiary/aromatic N) is 3. The van der Waals surface area contributed by atoms with Crippen LogP contribution in [0.1, 0.15) is 13.8 Å². The van der Waals surface area contributed by atoms with E-state index in [1.807, 2.05) is 6.07 Å². The van der Waals surface area contributed by atoms with Crippen molar-refractivity contribution in [2.45, 2.75) is 13.8 Å². The van der Waals surface area contributed by atoms with Gasteiger partial charge < -0.3 is 14.4 Å². The maximum atomic E-state index is 13.6. The summed E-state index contributed by atoms with van der Waals surface area (Å²) in [5, 5.41) is 0.544. The fourth-order valence-corrected chi connectivity index (χ4v) is 4.06. The minimum Gasteiger partial charge on any atom is -0.497 e. The number of halogens is 1. The lowest BCUT2D eigenvalue weighted by atomic mass is 10.3. The van der Waals surface area contributed by atoms with Crippen molar-refractivity contribution in [1.29, 1.82) is 0 Å². The number of aromatic nitrogens is 1. The molecule has 0 spiro atoms. The molecular weight excluding hydrogens is 405 g/mol. The molecule has 0 N–H and O–H groups in total. The molecule has 0 fully saturated rings. The largest absolute Gasteiger partial charge is 0.497 e. The monoisotopic (exact) mass is 431 g/mol. The zero-order chi connectivity index (χ0) is 21.5. The van der Waals surface area contributed by atoms with Gasteiger partial charge in [-0.2, -0.15) is 0 Å². The molecule has 0 saturated carbocycles. The number of ether oxygens (including phenoxy) is 2. The van der Waals surface area contributed by atoms with E-state index < -0.39 is 0 Å². The van der Waals surface area contributed by atoms with Gasteiger partial charge in [-0.25, -0.2) is 9.37 Å². The molecule has 0 saturated heterocycles. The zero-order valence-corrected chi connectivity index (χ0v) is 18.2. The Hall–Kier alpha value is -2.71. The first-order valence-electron chi connectivity index (χ1n) is 9.89. The number of carbonyl (C=O) groups is 1. The molecule has 30 heavy (non-hydrogen) atoms. The number of amides is 1. The summed E-state index contributed by atoms with van der Waals surface area (Å²) in [6.07, 6.45) is 0. The van der Waals surface area contributed by atoms with E-state index in [-0.39, 0.29) is 18.3 Å². The summed E-state index contributed by atoms with van der Waals surface area (Å²) in [5.74, 6) is 0.689. The van der Waals surface area contributed by atoms with Crippen LogP contribution in [0.5, 0.6) is 11.5 Å². The predicted octanol–water partition coefficient (Wildman–Crippen LogP) is 4.20. The number of carbonyl (C=O) groups excluding carboxylic acids is 1. The first-order chi connectivity index (χ1) is 14.5. The minimum absolute atomic E-state index is 0.129. The smallest absolute Gasteiger partial charge is 0.266 e. The Morgan fingerprint density at radius 3 is 2.60 bits per heavy atom. The van der Waals surface area contributed by atoms with Crippen LogP contribution in [-0.4, -0.2) is 55.7 Å². The van der Waals surface area contributed by atoms with E-state index in [1.54, 1.807) is 36.3 Å². The van der Waals surface area contributed by atoms with E-state index in [0.717, 1.165) is 13.1 Å². The third-order valence-electron chi connectivity index (χ3n) is 4.81. The Kier molecular flexibility index (Phi) is 7.59. The molecule has 2 aromatic carbocycles. The van der Waals surface area contributed by atoms with Gasteiger partial charge in [0.2, 0.25) is 0 Å². The van der Waals surface area contributed by atoms with Crippen LogP contribution < -0.4 is 14.4 Å². The van der Waals surface area contributed by atoms with Crippen LogP contribution in [-0.2, 0) is 4.79 Å². The Labute approximate surface area is 179 Å². The molecule has 0 unspecified atom stereocenters. The first kappa shape index (κ1) is 22.0. The van der Waals surface area contributed by atoms with Crippen LogP contribution in [0.2, 0.25) is 0 Å². The van der Waals surface area contributed by atoms with Gasteiger partial charge >= 0.3 is 0 Å². The normalized spacial score (nSPS) is 11.1. The average Bonchev–Trinajstić information content (AvgIpc) is 3.18. The van der Waals surface area contributed by atoms with Gasteiger partial charge in [-0.15, -0.1) is 0 Å². The molecule has 0 aliphatic carbocycles. The number of hydrogen-bond donors (Lipinski definition) is 0. The topological polar surface area (TPSA) is 54.9 Å². The number of rotatable bonds is 10. The summed E-state index contributed by atoms with van der Waals surface area (Å²) in [4.78, 5) is 21.5. The molecule has 8 heteroatoms. The molecule has 0 bridgehead atoms. The summed E-state index contributed by atoms with van der Waals surface area (Å²) in [5.41, 5.74) is 0.672. The summed E-state index contributed by atoms with van der Waals surface area (Å²) >= 11 is 1.30. The maximum Gasteiger partial charge on any atom is 0.266 e. The standard InChI is InChI=1S/C22H26FN3O3S/c1-4-25(5-2)11-12-26(22-24-19-10-9-16(23)13-20(19)30-22)21(27)15-29-18-8-6-7-17(14-18)28-3/h6-10,13-14H,4-5,11-12,15H2,1-3H3. The number of likely N-dealkylation sites (N-methyl/N-ethyl adjacent to an activating group) is 1. The average molecular weight is 432 g/mol. The zero-order valence-electron chi connectivity index (χ0n) is 17.4. The Balaban J connectivity index is 1.79. The molecule has 1 heterocycles. The van der Waals surface area contributed by atoms with Gasteiger partial charge in [-0.1, -0.05) is 31.3 Å². The third kappa shape index (κ3) is 5.46. The van der Waals surface area contributed by atoms with Crippen LogP contribution in [0.4, 0.5) is 9.52 Å². The van der Waals surface area contributed by atoms with Crippen molar-refractivity contribution in [2.24, 2.45) is 0 Å². The number of anilines is 1. The Morgan fingerprint density at radius 1 is 1.10 bits per heavy atom. The van der Waals surface area contributed by atoms with Gasteiger partial charge in [-0.05, 0) is 43.4 Å². The second-order valence-corrected chi connectivity index (χ2v) is 7.66. The molecule has 1 amide bonds. The van der Waals surface area contributed by atoms with Gasteiger partial charge in [0.15, 0.2) is 11.7 Å². The summed E-state index contributed by atoms with van der Waals surface area (Å²) < 4.78 is 25.2.